The number of hydrogen-bond acceptors (Lipinski definition) is 7. The summed E-state index contributed by atoms with van der Waals surface area (Å²) in [4.78, 5) is 33.5. The number of carbonyl (C=O) groups excluding carboxylic acids is 1. The zero-order valence-electron chi connectivity index (χ0n) is 15.7. The number of benzene rings is 1. The normalized spacial score (nSPS) is 10.8. The predicted molar refractivity (Wildman–Crippen MR) is 103 cm³/mol. The van der Waals surface area contributed by atoms with Crippen molar-refractivity contribution >= 4 is 17.4 Å². The number of ketones is 1. The molecule has 0 atom stereocenters. The largest absolute Gasteiger partial charge is 0.324 e. The van der Waals surface area contributed by atoms with Crippen molar-refractivity contribution in [3.8, 4) is 11.9 Å². The van der Waals surface area contributed by atoms with Crippen molar-refractivity contribution in [3.63, 3.8) is 0 Å². The van der Waals surface area contributed by atoms with E-state index in [1.807, 2.05) is 26.0 Å². The SMILES string of the molecule is CC(=O)c1ccc(Nc2nc(-n3ccnc3C)nc(-n3ccnc3C)n2)cc1. The second kappa shape index (κ2) is 7.03. The van der Waals surface area contributed by atoms with Crippen LogP contribution < -0.4 is 5.32 Å². The van der Waals surface area contributed by atoms with Crippen molar-refractivity contribution in [3.05, 3.63) is 66.3 Å². The molecular formula is C19H18N8O. The minimum absolute atomic E-state index is 0.0162. The molecule has 0 saturated heterocycles. The van der Waals surface area contributed by atoms with Crippen LogP contribution in [0.1, 0.15) is 28.9 Å². The molecular weight excluding hydrogens is 356 g/mol. The van der Waals surface area contributed by atoms with E-state index in [2.05, 4.69) is 30.2 Å². The van der Waals surface area contributed by atoms with Crippen molar-refractivity contribution in [1.82, 2.24) is 34.1 Å². The summed E-state index contributed by atoms with van der Waals surface area (Å²) in [6, 6.07) is 7.14. The van der Waals surface area contributed by atoms with Gasteiger partial charge in [0.1, 0.15) is 11.6 Å². The van der Waals surface area contributed by atoms with Gasteiger partial charge in [0.15, 0.2) is 5.78 Å². The van der Waals surface area contributed by atoms with Gasteiger partial charge in [0.25, 0.3) is 0 Å². The third kappa shape index (κ3) is 3.37. The number of Topliss-reactive ketones (excluding diaryl/α,β-unsaturated/α-hetero) is 1. The molecule has 0 amide bonds. The average molecular weight is 374 g/mol. The molecule has 0 radical (unpaired) electrons. The number of nitrogens with zero attached hydrogens (tertiary/aromatic N) is 7. The van der Waals surface area contributed by atoms with E-state index >= 15 is 0 Å². The Balaban J connectivity index is 1.76. The second-order valence-electron chi connectivity index (χ2n) is 6.21. The summed E-state index contributed by atoms with van der Waals surface area (Å²) in [5, 5.41) is 3.17. The van der Waals surface area contributed by atoms with E-state index in [1.165, 1.54) is 6.92 Å². The van der Waals surface area contributed by atoms with Crippen LogP contribution in [0.3, 0.4) is 0 Å². The highest BCUT2D eigenvalue weighted by Crippen LogP contribution is 2.17. The second-order valence-corrected chi connectivity index (χ2v) is 6.21. The zero-order chi connectivity index (χ0) is 19.7. The Morgan fingerprint density at radius 3 is 1.82 bits per heavy atom. The molecule has 0 aliphatic heterocycles. The van der Waals surface area contributed by atoms with Crippen LogP contribution >= 0.6 is 0 Å². The minimum atomic E-state index is 0.0162. The molecule has 4 rings (SSSR count). The lowest BCUT2D eigenvalue weighted by molar-refractivity contribution is 0.101. The molecule has 1 N–H and O–H groups in total. The Bertz CT molecular complexity index is 1080. The van der Waals surface area contributed by atoms with Crippen LogP contribution in [0.4, 0.5) is 11.6 Å². The number of nitrogens with one attached hydrogen (secondary N) is 1. The first kappa shape index (κ1) is 17.5. The van der Waals surface area contributed by atoms with Gasteiger partial charge >= 0.3 is 0 Å². The maximum absolute atomic E-state index is 11.5. The topological polar surface area (TPSA) is 103 Å². The third-order valence-electron chi connectivity index (χ3n) is 4.24. The summed E-state index contributed by atoms with van der Waals surface area (Å²) in [5.74, 6) is 2.79. The van der Waals surface area contributed by atoms with E-state index in [4.69, 9.17) is 0 Å². The highest BCUT2D eigenvalue weighted by atomic mass is 16.1. The van der Waals surface area contributed by atoms with Gasteiger partial charge < -0.3 is 5.32 Å². The Morgan fingerprint density at radius 1 is 0.857 bits per heavy atom. The van der Waals surface area contributed by atoms with E-state index in [-0.39, 0.29) is 5.78 Å². The summed E-state index contributed by atoms with van der Waals surface area (Å²) in [6.45, 7) is 5.28. The Hall–Kier alpha value is -3.88. The van der Waals surface area contributed by atoms with Crippen molar-refractivity contribution in [1.29, 1.82) is 0 Å². The minimum Gasteiger partial charge on any atom is -0.324 e. The molecule has 0 unspecified atom stereocenters. The number of carbonyl (C=O) groups is 1. The van der Waals surface area contributed by atoms with Gasteiger partial charge in [0.2, 0.25) is 17.8 Å². The monoisotopic (exact) mass is 374 g/mol. The summed E-state index contributed by atoms with van der Waals surface area (Å²) in [5.41, 5.74) is 1.41. The fraction of sp³-hybridized carbons (Fsp3) is 0.158. The van der Waals surface area contributed by atoms with E-state index in [0.29, 0.717) is 23.4 Å². The average Bonchev–Trinajstić information content (AvgIpc) is 3.30. The maximum Gasteiger partial charge on any atom is 0.241 e. The van der Waals surface area contributed by atoms with Crippen LogP contribution in [-0.4, -0.2) is 39.8 Å². The number of anilines is 2. The van der Waals surface area contributed by atoms with Crippen molar-refractivity contribution < 1.29 is 4.79 Å². The molecule has 140 valence electrons. The van der Waals surface area contributed by atoms with E-state index in [0.717, 1.165) is 17.3 Å². The summed E-state index contributed by atoms with van der Waals surface area (Å²) in [6.07, 6.45) is 6.96. The van der Waals surface area contributed by atoms with Gasteiger partial charge in [-0.05, 0) is 45.0 Å². The number of hydrogen-bond donors (Lipinski definition) is 1. The third-order valence-corrected chi connectivity index (χ3v) is 4.24. The molecule has 0 bridgehead atoms. The van der Waals surface area contributed by atoms with Crippen molar-refractivity contribution in [2.24, 2.45) is 0 Å². The number of aryl methyl sites for hydroxylation is 2. The van der Waals surface area contributed by atoms with E-state index in [1.54, 1.807) is 46.1 Å². The van der Waals surface area contributed by atoms with Crippen LogP contribution in [0, 0.1) is 13.8 Å². The van der Waals surface area contributed by atoms with Gasteiger partial charge in [0.05, 0.1) is 0 Å². The first-order valence-electron chi connectivity index (χ1n) is 8.66. The van der Waals surface area contributed by atoms with Crippen molar-refractivity contribution in [2.45, 2.75) is 20.8 Å². The highest BCUT2D eigenvalue weighted by Gasteiger charge is 2.13. The van der Waals surface area contributed by atoms with Gasteiger partial charge in [-0.1, -0.05) is 0 Å². The molecule has 3 heterocycles. The molecule has 0 saturated carbocycles. The van der Waals surface area contributed by atoms with Crippen molar-refractivity contribution in [2.75, 3.05) is 5.32 Å². The standard InChI is InChI=1S/C19H18N8O/c1-12(28)15-4-6-16(7-5-15)22-17-23-18(26-10-8-20-13(26)2)25-19(24-17)27-11-9-21-14(27)3/h4-11H,1-3H3,(H,22,23,24,25). The molecule has 9 nitrogen and oxygen atoms in total. The molecule has 0 aliphatic carbocycles. The molecule has 28 heavy (non-hydrogen) atoms. The lowest BCUT2D eigenvalue weighted by atomic mass is 10.1. The Kier molecular flexibility index (Phi) is 4.40. The van der Waals surface area contributed by atoms with Gasteiger partial charge in [-0.15, -0.1) is 0 Å². The summed E-state index contributed by atoms with van der Waals surface area (Å²) >= 11 is 0. The molecule has 3 aromatic heterocycles. The fourth-order valence-electron chi connectivity index (χ4n) is 2.72. The van der Waals surface area contributed by atoms with Gasteiger partial charge in [-0.2, -0.15) is 15.0 Å². The smallest absolute Gasteiger partial charge is 0.241 e. The van der Waals surface area contributed by atoms with E-state index < -0.39 is 0 Å². The lowest BCUT2D eigenvalue weighted by Gasteiger charge is -2.11. The molecule has 4 aromatic rings. The summed E-state index contributed by atoms with van der Waals surface area (Å²) < 4.78 is 3.56. The Morgan fingerprint density at radius 2 is 1.39 bits per heavy atom. The quantitative estimate of drug-likeness (QED) is 0.536. The predicted octanol–water partition coefficient (Wildman–Crippen LogP) is 2.81. The molecule has 0 fully saturated rings. The highest BCUT2D eigenvalue weighted by molar-refractivity contribution is 5.94. The molecule has 9 heteroatoms. The van der Waals surface area contributed by atoms with Gasteiger partial charge in [-0.25, -0.2) is 9.97 Å². The van der Waals surface area contributed by atoms with Gasteiger partial charge in [-0.3, -0.25) is 13.9 Å². The Labute approximate surface area is 161 Å². The zero-order valence-corrected chi connectivity index (χ0v) is 15.7. The van der Waals surface area contributed by atoms with Crippen LogP contribution in [0.5, 0.6) is 0 Å². The van der Waals surface area contributed by atoms with Crippen LogP contribution in [-0.2, 0) is 0 Å². The summed E-state index contributed by atoms with van der Waals surface area (Å²) in [7, 11) is 0. The van der Waals surface area contributed by atoms with E-state index in [9.17, 15) is 4.79 Å². The number of rotatable bonds is 5. The molecule has 0 spiro atoms. The lowest BCUT2D eigenvalue weighted by Crippen LogP contribution is -2.12. The van der Waals surface area contributed by atoms with Crippen LogP contribution in [0.2, 0.25) is 0 Å². The first-order valence-corrected chi connectivity index (χ1v) is 8.66. The number of imidazole rings is 2. The fourth-order valence-corrected chi connectivity index (χ4v) is 2.72. The number of aromatic nitrogens is 7. The van der Waals surface area contributed by atoms with Gasteiger partial charge in [0, 0.05) is 36.0 Å². The maximum atomic E-state index is 11.5. The van der Waals surface area contributed by atoms with Crippen LogP contribution in [0.25, 0.3) is 11.9 Å². The molecule has 0 aliphatic rings. The first-order chi connectivity index (χ1) is 13.5. The van der Waals surface area contributed by atoms with Crippen LogP contribution in [0.15, 0.2) is 49.1 Å². The molecule has 1 aromatic carbocycles.